The Kier molecular flexibility index (Phi) is 4.79. The third-order valence-corrected chi connectivity index (χ3v) is 5.67. The van der Waals surface area contributed by atoms with Gasteiger partial charge in [-0.15, -0.1) is 0 Å². The predicted octanol–water partition coefficient (Wildman–Crippen LogP) is 1.84. The Bertz CT molecular complexity index is 1110. The summed E-state index contributed by atoms with van der Waals surface area (Å²) < 4.78 is 74.4. The molecular formula is C18H19F5N4O3. The van der Waals surface area contributed by atoms with Crippen LogP contribution in [0.15, 0.2) is 15.7 Å². The average molecular weight is 434 g/mol. The van der Waals surface area contributed by atoms with Gasteiger partial charge in [0.25, 0.3) is 5.56 Å². The summed E-state index contributed by atoms with van der Waals surface area (Å²) >= 11 is 0. The zero-order chi connectivity index (χ0) is 22.0. The fraction of sp³-hybridized carbons (Fsp3) is 0.556. The lowest BCUT2D eigenvalue weighted by Crippen LogP contribution is -2.47. The number of nitrogens with two attached hydrogens (primary N) is 1. The Labute approximate surface area is 166 Å². The SMILES string of the molecule is COc1c(N2CC(F)C(C(N)C(F)(F)F)C2)c(F)cc2c(=O)n(C3CC3)c(=O)[nH]c12. The van der Waals surface area contributed by atoms with E-state index in [2.05, 4.69) is 4.98 Å². The van der Waals surface area contributed by atoms with Gasteiger partial charge in [-0.3, -0.25) is 9.36 Å². The molecule has 30 heavy (non-hydrogen) atoms. The Hall–Kier alpha value is -2.63. The minimum atomic E-state index is -4.81. The molecule has 164 valence electrons. The van der Waals surface area contributed by atoms with Crippen LogP contribution in [0.1, 0.15) is 18.9 Å². The van der Waals surface area contributed by atoms with Crippen LogP contribution in [-0.2, 0) is 0 Å². The first kappa shape index (κ1) is 20.6. The fourth-order valence-corrected chi connectivity index (χ4v) is 4.01. The topological polar surface area (TPSA) is 93.3 Å². The molecule has 0 bridgehead atoms. The monoisotopic (exact) mass is 434 g/mol. The number of ether oxygens (including phenoxy) is 1. The van der Waals surface area contributed by atoms with Gasteiger partial charge in [0.15, 0.2) is 11.6 Å². The zero-order valence-electron chi connectivity index (χ0n) is 15.8. The van der Waals surface area contributed by atoms with Crippen molar-refractivity contribution in [1.82, 2.24) is 9.55 Å². The molecule has 0 spiro atoms. The van der Waals surface area contributed by atoms with E-state index in [4.69, 9.17) is 10.5 Å². The minimum Gasteiger partial charge on any atom is -0.492 e. The van der Waals surface area contributed by atoms with E-state index in [1.54, 1.807) is 0 Å². The molecule has 0 radical (unpaired) electrons. The first-order chi connectivity index (χ1) is 14.0. The van der Waals surface area contributed by atoms with E-state index in [0.29, 0.717) is 12.8 Å². The first-order valence-corrected chi connectivity index (χ1v) is 9.31. The molecule has 7 nitrogen and oxygen atoms in total. The second-order valence-electron chi connectivity index (χ2n) is 7.65. The van der Waals surface area contributed by atoms with Gasteiger partial charge >= 0.3 is 11.9 Å². The van der Waals surface area contributed by atoms with Gasteiger partial charge in [-0.1, -0.05) is 0 Å². The summed E-state index contributed by atoms with van der Waals surface area (Å²) in [7, 11) is 1.16. The molecule has 2 aliphatic rings. The molecule has 1 saturated carbocycles. The molecule has 4 rings (SSSR count). The number of nitrogens with one attached hydrogen (secondary N) is 1. The first-order valence-electron chi connectivity index (χ1n) is 9.31. The average Bonchev–Trinajstić information content (AvgIpc) is 3.41. The number of H-pyrrole nitrogens is 1. The lowest BCUT2D eigenvalue weighted by Gasteiger charge is -2.25. The van der Waals surface area contributed by atoms with Gasteiger partial charge in [-0.05, 0) is 18.9 Å². The fourth-order valence-electron chi connectivity index (χ4n) is 4.01. The van der Waals surface area contributed by atoms with Crippen molar-refractivity contribution < 1.29 is 26.7 Å². The smallest absolute Gasteiger partial charge is 0.404 e. The van der Waals surface area contributed by atoms with Crippen LogP contribution in [0.5, 0.6) is 5.75 Å². The van der Waals surface area contributed by atoms with Crippen molar-refractivity contribution in [3.63, 3.8) is 0 Å². The number of methoxy groups -OCH3 is 1. The molecular weight excluding hydrogens is 415 g/mol. The van der Waals surface area contributed by atoms with Crippen molar-refractivity contribution in [2.75, 3.05) is 25.1 Å². The Morgan fingerprint density at radius 3 is 2.50 bits per heavy atom. The maximum Gasteiger partial charge on any atom is 0.404 e. The van der Waals surface area contributed by atoms with Crippen molar-refractivity contribution in [1.29, 1.82) is 0 Å². The molecule has 1 saturated heterocycles. The van der Waals surface area contributed by atoms with Crippen LogP contribution < -0.4 is 26.6 Å². The van der Waals surface area contributed by atoms with Crippen molar-refractivity contribution in [3.8, 4) is 5.75 Å². The number of fused-ring (bicyclic) bond motifs is 1. The van der Waals surface area contributed by atoms with Gasteiger partial charge in [-0.25, -0.2) is 13.6 Å². The number of aromatic amines is 1. The molecule has 3 unspecified atom stereocenters. The van der Waals surface area contributed by atoms with Crippen LogP contribution in [0.2, 0.25) is 0 Å². The van der Waals surface area contributed by atoms with Crippen molar-refractivity contribution in [2.45, 2.75) is 37.3 Å². The van der Waals surface area contributed by atoms with E-state index < -0.39 is 54.5 Å². The molecule has 3 atom stereocenters. The van der Waals surface area contributed by atoms with E-state index in [0.717, 1.165) is 22.6 Å². The van der Waals surface area contributed by atoms with Crippen LogP contribution >= 0.6 is 0 Å². The Morgan fingerprint density at radius 1 is 1.27 bits per heavy atom. The van der Waals surface area contributed by atoms with Crippen LogP contribution in [0.3, 0.4) is 0 Å². The van der Waals surface area contributed by atoms with E-state index in [9.17, 15) is 31.5 Å². The molecule has 1 aliphatic carbocycles. The standard InChI is InChI=1S/C18H19F5N4O3/c1-30-14-12-8(16(28)27(7-2-3-7)17(29)25-12)4-10(19)13(14)26-5-9(11(20)6-26)15(24)18(21,22)23/h4,7,9,11,15H,2-3,5-6,24H2,1H3,(H,25,29). The molecule has 1 aromatic carbocycles. The van der Waals surface area contributed by atoms with Gasteiger partial charge in [0, 0.05) is 25.0 Å². The van der Waals surface area contributed by atoms with Crippen LogP contribution in [0.25, 0.3) is 10.9 Å². The largest absolute Gasteiger partial charge is 0.492 e. The summed E-state index contributed by atoms with van der Waals surface area (Å²) in [4.78, 5) is 28.6. The number of alkyl halides is 4. The summed E-state index contributed by atoms with van der Waals surface area (Å²) in [5, 5.41) is -0.140. The number of hydrogen-bond acceptors (Lipinski definition) is 5. The molecule has 0 amide bonds. The number of nitrogens with zero attached hydrogens (tertiary/aromatic N) is 2. The highest BCUT2D eigenvalue weighted by Gasteiger charge is 2.49. The second-order valence-corrected chi connectivity index (χ2v) is 7.65. The number of anilines is 1. The maximum atomic E-state index is 15.0. The second kappa shape index (κ2) is 6.96. The molecule has 2 fully saturated rings. The van der Waals surface area contributed by atoms with Crippen LogP contribution in [-0.4, -0.2) is 48.1 Å². The van der Waals surface area contributed by atoms with Crippen molar-refractivity contribution >= 4 is 16.6 Å². The van der Waals surface area contributed by atoms with E-state index in [1.165, 1.54) is 0 Å². The van der Waals surface area contributed by atoms with Crippen LogP contribution in [0, 0.1) is 11.7 Å². The van der Waals surface area contributed by atoms with Gasteiger partial charge < -0.3 is 20.4 Å². The number of aromatic nitrogens is 2. The number of hydrogen-bond donors (Lipinski definition) is 2. The molecule has 1 aliphatic heterocycles. The number of rotatable bonds is 4. The molecule has 2 aromatic rings. The lowest BCUT2D eigenvalue weighted by atomic mass is 9.98. The molecule has 12 heteroatoms. The van der Waals surface area contributed by atoms with E-state index >= 15 is 0 Å². The summed E-state index contributed by atoms with van der Waals surface area (Å²) in [5.41, 5.74) is 3.35. The quantitative estimate of drug-likeness (QED) is 0.717. The third kappa shape index (κ3) is 3.22. The molecule has 1 aromatic heterocycles. The lowest BCUT2D eigenvalue weighted by molar-refractivity contribution is -0.161. The highest BCUT2D eigenvalue weighted by molar-refractivity contribution is 5.90. The molecule has 3 N–H and O–H groups in total. The van der Waals surface area contributed by atoms with Gasteiger partial charge in [0.2, 0.25) is 0 Å². The van der Waals surface area contributed by atoms with Crippen molar-refractivity contribution in [3.05, 3.63) is 32.7 Å². The summed E-state index contributed by atoms with van der Waals surface area (Å²) in [5.74, 6) is -2.83. The zero-order valence-corrected chi connectivity index (χ0v) is 15.8. The Morgan fingerprint density at radius 2 is 1.93 bits per heavy atom. The number of halogens is 5. The van der Waals surface area contributed by atoms with Gasteiger partial charge in [-0.2, -0.15) is 13.2 Å². The van der Waals surface area contributed by atoms with E-state index in [1.807, 2.05) is 0 Å². The summed E-state index contributed by atoms with van der Waals surface area (Å²) in [6.45, 7) is -1.05. The third-order valence-electron chi connectivity index (χ3n) is 5.67. The Balaban J connectivity index is 1.82. The summed E-state index contributed by atoms with van der Waals surface area (Å²) in [6.07, 6.45) is -5.46. The highest BCUT2D eigenvalue weighted by Crippen LogP contribution is 2.41. The summed E-state index contributed by atoms with van der Waals surface area (Å²) in [6, 6.07) is -1.79. The maximum absolute atomic E-state index is 15.0. The van der Waals surface area contributed by atoms with Crippen molar-refractivity contribution in [2.24, 2.45) is 11.7 Å². The number of benzene rings is 1. The highest BCUT2D eigenvalue weighted by atomic mass is 19.4. The van der Waals surface area contributed by atoms with Crippen LogP contribution in [0.4, 0.5) is 27.6 Å². The minimum absolute atomic E-state index is 0.0974. The predicted molar refractivity (Wildman–Crippen MR) is 98.2 cm³/mol. The normalized spacial score (nSPS) is 23.2. The van der Waals surface area contributed by atoms with Gasteiger partial charge in [0.05, 0.1) is 12.5 Å². The molecule has 2 heterocycles. The van der Waals surface area contributed by atoms with E-state index in [-0.39, 0.29) is 28.4 Å². The van der Waals surface area contributed by atoms with Gasteiger partial charge in [0.1, 0.15) is 23.4 Å².